The third-order valence-electron chi connectivity index (χ3n) is 4.91. The van der Waals surface area contributed by atoms with E-state index < -0.39 is 15.4 Å². The maximum absolute atomic E-state index is 13.5. The van der Waals surface area contributed by atoms with Crippen LogP contribution in [0.2, 0.25) is 0 Å². The Morgan fingerprint density at radius 3 is 2.67 bits per heavy atom. The molecule has 0 bridgehead atoms. The number of rotatable bonds is 4. The second kappa shape index (κ2) is 6.05. The van der Waals surface area contributed by atoms with Gasteiger partial charge in [-0.25, -0.2) is 12.8 Å². The van der Waals surface area contributed by atoms with Gasteiger partial charge in [-0.2, -0.15) is 0 Å². The van der Waals surface area contributed by atoms with Crippen molar-refractivity contribution >= 4 is 9.84 Å². The maximum atomic E-state index is 13.5. The molecule has 3 atom stereocenters. The van der Waals surface area contributed by atoms with Gasteiger partial charge in [-0.05, 0) is 49.3 Å². The lowest BCUT2D eigenvalue weighted by molar-refractivity contribution is 0.200. The van der Waals surface area contributed by atoms with Gasteiger partial charge in [-0.15, -0.1) is 0 Å². The standard InChI is InChI=1S/C16H24FNO2S/c1-3-16(18,12-6-4-8-14(17)10-12)13-7-5-9-15(11-13)21(2,19)20/h4,6,8,10,13,15H,3,5,7,9,11,18H2,1-2H3. The highest BCUT2D eigenvalue weighted by Crippen LogP contribution is 2.41. The first-order valence-corrected chi connectivity index (χ1v) is 9.46. The minimum Gasteiger partial charge on any atom is -0.321 e. The van der Waals surface area contributed by atoms with Crippen molar-refractivity contribution in [3.8, 4) is 0 Å². The van der Waals surface area contributed by atoms with E-state index in [0.29, 0.717) is 19.3 Å². The van der Waals surface area contributed by atoms with Crippen LogP contribution >= 0.6 is 0 Å². The predicted octanol–water partition coefficient (Wildman–Crippen LogP) is 2.99. The molecule has 118 valence electrons. The summed E-state index contributed by atoms with van der Waals surface area (Å²) in [5, 5.41) is -0.320. The molecule has 2 rings (SSSR count). The number of sulfone groups is 1. The van der Waals surface area contributed by atoms with Crippen LogP contribution in [0.15, 0.2) is 24.3 Å². The van der Waals surface area contributed by atoms with Crippen molar-refractivity contribution in [2.45, 2.75) is 49.8 Å². The Balaban J connectivity index is 2.32. The Morgan fingerprint density at radius 1 is 1.38 bits per heavy atom. The summed E-state index contributed by atoms with van der Waals surface area (Å²) >= 11 is 0. The van der Waals surface area contributed by atoms with Gasteiger partial charge in [0, 0.05) is 11.8 Å². The van der Waals surface area contributed by atoms with Crippen LogP contribution in [-0.4, -0.2) is 19.9 Å². The molecule has 0 aromatic heterocycles. The lowest BCUT2D eigenvalue weighted by atomic mass is 9.70. The summed E-state index contributed by atoms with van der Waals surface area (Å²) in [5.74, 6) is -0.232. The number of halogens is 1. The molecule has 1 aromatic rings. The van der Waals surface area contributed by atoms with Gasteiger partial charge in [0.15, 0.2) is 0 Å². The van der Waals surface area contributed by atoms with E-state index in [1.807, 2.05) is 13.0 Å². The molecule has 3 unspecified atom stereocenters. The summed E-state index contributed by atoms with van der Waals surface area (Å²) in [4.78, 5) is 0. The number of nitrogens with two attached hydrogens (primary N) is 1. The lowest BCUT2D eigenvalue weighted by Crippen LogP contribution is -2.47. The zero-order valence-corrected chi connectivity index (χ0v) is 13.5. The first-order valence-electron chi connectivity index (χ1n) is 7.51. The fourth-order valence-electron chi connectivity index (χ4n) is 3.51. The molecule has 1 fully saturated rings. The van der Waals surface area contributed by atoms with Gasteiger partial charge in [-0.3, -0.25) is 0 Å². The van der Waals surface area contributed by atoms with Gasteiger partial charge in [0.2, 0.25) is 0 Å². The first-order chi connectivity index (χ1) is 9.77. The molecule has 0 amide bonds. The topological polar surface area (TPSA) is 60.2 Å². The summed E-state index contributed by atoms with van der Waals surface area (Å²) in [6.07, 6.45) is 4.99. The maximum Gasteiger partial charge on any atom is 0.150 e. The Labute approximate surface area is 126 Å². The minimum atomic E-state index is -3.05. The van der Waals surface area contributed by atoms with Gasteiger partial charge >= 0.3 is 0 Å². The molecule has 1 saturated carbocycles. The van der Waals surface area contributed by atoms with E-state index >= 15 is 0 Å². The molecule has 0 heterocycles. The van der Waals surface area contributed by atoms with Crippen LogP contribution in [0.25, 0.3) is 0 Å². The number of benzene rings is 1. The Hall–Kier alpha value is -0.940. The predicted molar refractivity (Wildman–Crippen MR) is 83.1 cm³/mol. The van der Waals surface area contributed by atoms with Crippen molar-refractivity contribution < 1.29 is 12.8 Å². The van der Waals surface area contributed by atoms with Gasteiger partial charge in [0.25, 0.3) is 0 Å². The quantitative estimate of drug-likeness (QED) is 0.929. The van der Waals surface area contributed by atoms with Crippen LogP contribution in [-0.2, 0) is 15.4 Å². The molecular formula is C16H24FNO2S. The Bertz CT molecular complexity index is 602. The van der Waals surface area contributed by atoms with Crippen molar-refractivity contribution in [3.63, 3.8) is 0 Å². The molecular weight excluding hydrogens is 289 g/mol. The van der Waals surface area contributed by atoms with E-state index in [0.717, 1.165) is 18.4 Å². The highest BCUT2D eigenvalue weighted by molar-refractivity contribution is 7.91. The van der Waals surface area contributed by atoms with Gasteiger partial charge < -0.3 is 5.73 Å². The third kappa shape index (κ3) is 3.46. The zero-order chi connectivity index (χ0) is 15.7. The smallest absolute Gasteiger partial charge is 0.150 e. The van der Waals surface area contributed by atoms with E-state index in [9.17, 15) is 12.8 Å². The first kappa shape index (κ1) is 16.4. The Morgan fingerprint density at radius 2 is 2.10 bits per heavy atom. The van der Waals surface area contributed by atoms with Crippen LogP contribution in [0, 0.1) is 11.7 Å². The minimum absolute atomic E-state index is 0.0674. The van der Waals surface area contributed by atoms with Gasteiger partial charge in [0.05, 0.1) is 5.25 Å². The zero-order valence-electron chi connectivity index (χ0n) is 12.7. The summed E-state index contributed by atoms with van der Waals surface area (Å²) in [7, 11) is -3.05. The fourth-order valence-corrected chi connectivity index (χ4v) is 4.68. The van der Waals surface area contributed by atoms with E-state index in [-0.39, 0.29) is 17.0 Å². The van der Waals surface area contributed by atoms with Crippen LogP contribution in [0.3, 0.4) is 0 Å². The molecule has 21 heavy (non-hydrogen) atoms. The lowest BCUT2D eigenvalue weighted by Gasteiger charge is -2.41. The second-order valence-corrected chi connectivity index (χ2v) is 8.55. The molecule has 1 aliphatic rings. The van der Waals surface area contributed by atoms with Crippen molar-refractivity contribution in [3.05, 3.63) is 35.6 Å². The summed E-state index contributed by atoms with van der Waals surface area (Å²) in [5.41, 5.74) is 6.71. The molecule has 2 N–H and O–H groups in total. The van der Waals surface area contributed by atoms with Crippen LogP contribution in [0.4, 0.5) is 4.39 Å². The SMILES string of the molecule is CCC(N)(c1cccc(F)c1)C1CCCC(S(C)(=O)=O)C1. The van der Waals surface area contributed by atoms with E-state index in [1.54, 1.807) is 6.07 Å². The van der Waals surface area contributed by atoms with Crippen molar-refractivity contribution in [1.29, 1.82) is 0 Å². The average Bonchev–Trinajstić information content (AvgIpc) is 2.45. The van der Waals surface area contributed by atoms with Gasteiger partial charge in [0.1, 0.15) is 15.7 Å². The molecule has 0 aliphatic heterocycles. The Kier molecular flexibility index (Phi) is 4.73. The molecule has 3 nitrogen and oxygen atoms in total. The second-order valence-electron chi connectivity index (χ2n) is 6.22. The number of hydrogen-bond acceptors (Lipinski definition) is 3. The van der Waals surface area contributed by atoms with E-state index in [4.69, 9.17) is 5.73 Å². The van der Waals surface area contributed by atoms with Crippen LogP contribution < -0.4 is 5.73 Å². The monoisotopic (exact) mass is 313 g/mol. The highest BCUT2D eigenvalue weighted by atomic mass is 32.2. The third-order valence-corrected chi connectivity index (χ3v) is 6.55. The van der Waals surface area contributed by atoms with Crippen LogP contribution in [0.1, 0.15) is 44.6 Å². The average molecular weight is 313 g/mol. The summed E-state index contributed by atoms with van der Waals surface area (Å²) in [6.45, 7) is 1.98. The van der Waals surface area contributed by atoms with E-state index in [1.165, 1.54) is 18.4 Å². The molecule has 1 aromatic carbocycles. The molecule has 5 heteroatoms. The molecule has 1 aliphatic carbocycles. The van der Waals surface area contributed by atoms with Crippen molar-refractivity contribution in [2.24, 2.45) is 11.7 Å². The van der Waals surface area contributed by atoms with Crippen LogP contribution in [0.5, 0.6) is 0 Å². The van der Waals surface area contributed by atoms with Crippen molar-refractivity contribution in [2.75, 3.05) is 6.26 Å². The summed E-state index contributed by atoms with van der Waals surface area (Å²) < 4.78 is 37.2. The molecule has 0 radical (unpaired) electrons. The number of hydrogen-bond donors (Lipinski definition) is 1. The highest BCUT2D eigenvalue weighted by Gasteiger charge is 2.40. The van der Waals surface area contributed by atoms with Crippen molar-refractivity contribution in [1.82, 2.24) is 0 Å². The summed E-state index contributed by atoms with van der Waals surface area (Å²) in [6, 6.07) is 6.39. The molecule has 0 spiro atoms. The molecule has 0 saturated heterocycles. The largest absolute Gasteiger partial charge is 0.321 e. The normalized spacial score (nSPS) is 26.3. The fraction of sp³-hybridized carbons (Fsp3) is 0.625. The van der Waals surface area contributed by atoms with E-state index in [2.05, 4.69) is 0 Å². The van der Waals surface area contributed by atoms with Gasteiger partial charge in [-0.1, -0.05) is 25.5 Å².